The van der Waals surface area contributed by atoms with Crippen LogP contribution in [-0.2, 0) is 4.74 Å². The summed E-state index contributed by atoms with van der Waals surface area (Å²) in [6, 6.07) is 3.39. The summed E-state index contributed by atoms with van der Waals surface area (Å²) in [7, 11) is 0. The molecule has 4 aliphatic rings. The maximum atomic E-state index is 14.9. The second-order valence-corrected chi connectivity index (χ2v) is 13.3. The van der Waals surface area contributed by atoms with Crippen molar-refractivity contribution in [2.45, 2.75) is 122 Å². The molecule has 0 spiro atoms. The van der Waals surface area contributed by atoms with Crippen LogP contribution >= 0.6 is 0 Å². The molecule has 3 aliphatic carbocycles. The predicted molar refractivity (Wildman–Crippen MR) is 155 cm³/mol. The van der Waals surface area contributed by atoms with Gasteiger partial charge in [-0.15, -0.1) is 0 Å². The Morgan fingerprint density at radius 2 is 1.33 bits per heavy atom. The van der Waals surface area contributed by atoms with Gasteiger partial charge >= 0.3 is 0 Å². The molecular formula is C35H52F2O2. The van der Waals surface area contributed by atoms with Crippen molar-refractivity contribution in [1.82, 2.24) is 0 Å². The first kappa shape index (κ1) is 29.1. The van der Waals surface area contributed by atoms with Crippen LogP contribution in [-0.4, -0.2) is 19.3 Å². The largest absolute Gasteiger partial charge is 0.490 e. The highest BCUT2D eigenvalue weighted by atomic mass is 19.2. The van der Waals surface area contributed by atoms with Gasteiger partial charge in [-0.1, -0.05) is 25.1 Å². The minimum Gasteiger partial charge on any atom is -0.490 e. The molecular weight excluding hydrogens is 490 g/mol. The summed E-state index contributed by atoms with van der Waals surface area (Å²) in [5, 5.41) is 0. The van der Waals surface area contributed by atoms with Gasteiger partial charge in [0.2, 0.25) is 5.82 Å². The van der Waals surface area contributed by atoms with E-state index in [1.807, 2.05) is 6.92 Å². The van der Waals surface area contributed by atoms with Crippen LogP contribution < -0.4 is 4.74 Å². The first-order valence-electron chi connectivity index (χ1n) is 16.4. The van der Waals surface area contributed by atoms with Crippen molar-refractivity contribution in [2.75, 3.05) is 13.2 Å². The fraction of sp³-hybridized carbons (Fsp3) is 0.771. The number of hydrogen-bond acceptors (Lipinski definition) is 2. The third kappa shape index (κ3) is 7.08. The van der Waals surface area contributed by atoms with Crippen LogP contribution in [0.1, 0.15) is 122 Å². The van der Waals surface area contributed by atoms with E-state index in [1.54, 1.807) is 12.1 Å². The molecule has 1 saturated heterocycles. The molecule has 4 fully saturated rings. The summed E-state index contributed by atoms with van der Waals surface area (Å²) in [5.41, 5.74) is 0.553. The van der Waals surface area contributed by atoms with Crippen molar-refractivity contribution < 1.29 is 18.3 Å². The van der Waals surface area contributed by atoms with Gasteiger partial charge in [-0.3, -0.25) is 0 Å². The van der Waals surface area contributed by atoms with Crippen molar-refractivity contribution >= 4 is 0 Å². The lowest BCUT2D eigenvalue weighted by Gasteiger charge is -2.43. The van der Waals surface area contributed by atoms with Gasteiger partial charge in [0, 0.05) is 0 Å². The number of halogens is 2. The first-order chi connectivity index (χ1) is 19.1. The van der Waals surface area contributed by atoms with Gasteiger partial charge in [0.1, 0.15) is 0 Å². The summed E-state index contributed by atoms with van der Waals surface area (Å²) in [6.07, 6.45) is 23.6. The normalized spacial score (nSPS) is 36.2. The molecule has 0 bridgehead atoms. The first-order valence-corrected chi connectivity index (χ1v) is 16.4. The molecule has 0 amide bonds. The Balaban J connectivity index is 1.03. The maximum Gasteiger partial charge on any atom is 0.200 e. The second-order valence-electron chi connectivity index (χ2n) is 13.3. The summed E-state index contributed by atoms with van der Waals surface area (Å²) < 4.78 is 41.3. The minimum absolute atomic E-state index is 0.0493. The van der Waals surface area contributed by atoms with Crippen molar-refractivity contribution in [3.63, 3.8) is 0 Å². The van der Waals surface area contributed by atoms with E-state index in [2.05, 4.69) is 19.1 Å². The number of ether oxygens (including phenoxy) is 2. The quantitative estimate of drug-likeness (QED) is 0.304. The molecule has 1 heterocycles. The lowest BCUT2D eigenvalue weighted by atomic mass is 9.67. The fourth-order valence-corrected chi connectivity index (χ4v) is 8.69. The summed E-state index contributed by atoms with van der Waals surface area (Å²) in [5.74, 6) is 3.46. The topological polar surface area (TPSA) is 18.5 Å². The fourth-order valence-electron chi connectivity index (χ4n) is 8.69. The van der Waals surface area contributed by atoms with Crippen molar-refractivity contribution in [2.24, 2.45) is 35.5 Å². The molecule has 5 rings (SSSR count). The Kier molecular flexibility index (Phi) is 10.4. The molecule has 218 valence electrons. The summed E-state index contributed by atoms with van der Waals surface area (Å²) in [6.45, 7) is 5.52. The Morgan fingerprint density at radius 3 is 1.95 bits per heavy atom. The highest BCUT2D eigenvalue weighted by Crippen LogP contribution is 2.47. The van der Waals surface area contributed by atoms with Crippen LogP contribution in [0, 0.1) is 47.1 Å². The number of benzene rings is 1. The standard InChI is InChI=1S/C35H52F2O2/c1-3-5-24-6-8-27(9-7-24)30-18-20-32(39-23-30)29-16-12-26(13-17-29)25-10-14-28(15-11-25)31-19-21-33(38-22-4-2)35(37)34(31)36/h3,5,19,21,24-30,32H,4,6-18,20,22-23H2,1-2H3/b5-3+. The van der Waals surface area contributed by atoms with Gasteiger partial charge < -0.3 is 9.47 Å². The number of rotatable bonds is 8. The van der Waals surface area contributed by atoms with Crippen molar-refractivity contribution in [3.05, 3.63) is 41.5 Å². The Labute approximate surface area is 236 Å². The van der Waals surface area contributed by atoms with E-state index >= 15 is 0 Å². The van der Waals surface area contributed by atoms with Crippen LogP contribution in [0.15, 0.2) is 24.3 Å². The summed E-state index contributed by atoms with van der Waals surface area (Å²) >= 11 is 0. The molecule has 1 aromatic carbocycles. The molecule has 2 unspecified atom stereocenters. The second kappa shape index (κ2) is 14.0. The molecule has 1 aromatic rings. The molecule has 4 heteroatoms. The Bertz CT molecular complexity index is 913. The van der Waals surface area contributed by atoms with Crippen molar-refractivity contribution in [3.8, 4) is 5.75 Å². The van der Waals surface area contributed by atoms with Crippen LogP contribution in [0.2, 0.25) is 0 Å². The van der Waals surface area contributed by atoms with E-state index in [4.69, 9.17) is 9.47 Å². The maximum absolute atomic E-state index is 14.9. The number of allylic oxidation sites excluding steroid dienone is 2. The zero-order valence-electron chi connectivity index (χ0n) is 24.5. The lowest BCUT2D eigenvalue weighted by molar-refractivity contribution is -0.0752. The van der Waals surface area contributed by atoms with Crippen LogP contribution in [0.3, 0.4) is 0 Å². The third-order valence-corrected chi connectivity index (χ3v) is 11.1. The zero-order valence-corrected chi connectivity index (χ0v) is 24.5. The molecule has 0 aromatic heterocycles. The molecule has 2 nitrogen and oxygen atoms in total. The van der Waals surface area contributed by atoms with E-state index in [0.29, 0.717) is 18.3 Å². The molecule has 39 heavy (non-hydrogen) atoms. The van der Waals surface area contributed by atoms with Crippen molar-refractivity contribution in [1.29, 1.82) is 0 Å². The molecule has 2 atom stereocenters. The Morgan fingerprint density at radius 1 is 0.744 bits per heavy atom. The third-order valence-electron chi connectivity index (χ3n) is 11.1. The Hall–Kier alpha value is -1.42. The highest BCUT2D eigenvalue weighted by Gasteiger charge is 2.37. The van der Waals surface area contributed by atoms with Gasteiger partial charge in [-0.2, -0.15) is 4.39 Å². The average Bonchev–Trinajstić information content (AvgIpc) is 2.99. The van der Waals surface area contributed by atoms with E-state index in [9.17, 15) is 8.78 Å². The van der Waals surface area contributed by atoms with Crippen LogP contribution in [0.5, 0.6) is 5.75 Å². The van der Waals surface area contributed by atoms with E-state index in [0.717, 1.165) is 74.2 Å². The SMILES string of the molecule is C/C=C/C1CCC(C2CCC(C3CCC(C4CCC(c5ccc(OCCC)c(F)c5F)CC4)CC3)OC2)CC1. The summed E-state index contributed by atoms with van der Waals surface area (Å²) in [4.78, 5) is 0. The van der Waals surface area contributed by atoms with Gasteiger partial charge in [-0.05, 0) is 156 Å². The van der Waals surface area contributed by atoms with E-state index in [1.165, 1.54) is 64.2 Å². The monoisotopic (exact) mass is 542 g/mol. The molecule has 0 radical (unpaired) electrons. The van der Waals surface area contributed by atoms with Gasteiger partial charge in [0.05, 0.1) is 19.3 Å². The van der Waals surface area contributed by atoms with E-state index < -0.39 is 11.6 Å². The minimum atomic E-state index is -0.811. The van der Waals surface area contributed by atoms with Gasteiger partial charge in [0.25, 0.3) is 0 Å². The molecule has 1 aliphatic heterocycles. The smallest absolute Gasteiger partial charge is 0.200 e. The van der Waals surface area contributed by atoms with Crippen LogP contribution in [0.4, 0.5) is 8.78 Å². The average molecular weight is 543 g/mol. The van der Waals surface area contributed by atoms with Crippen LogP contribution in [0.25, 0.3) is 0 Å². The zero-order chi connectivity index (χ0) is 27.2. The molecule has 0 N–H and O–H groups in total. The predicted octanol–water partition coefficient (Wildman–Crippen LogP) is 10.0. The van der Waals surface area contributed by atoms with Gasteiger partial charge in [-0.25, -0.2) is 4.39 Å². The van der Waals surface area contributed by atoms with Gasteiger partial charge in [0.15, 0.2) is 11.6 Å². The highest BCUT2D eigenvalue weighted by molar-refractivity contribution is 5.33. The number of hydrogen-bond donors (Lipinski definition) is 0. The molecule has 3 saturated carbocycles. The lowest BCUT2D eigenvalue weighted by Crippen LogP contribution is -2.37. The van der Waals surface area contributed by atoms with E-state index in [-0.39, 0.29) is 11.7 Å².